The maximum atomic E-state index is 5.23. The minimum Gasteiger partial charge on any atom is -0.660 e. The maximum absolute atomic E-state index is 5.23. The van der Waals surface area contributed by atoms with Gasteiger partial charge in [0.2, 0.25) is 0 Å². The summed E-state index contributed by atoms with van der Waals surface area (Å²) in [5.41, 5.74) is 0.983. The van der Waals surface area contributed by atoms with Gasteiger partial charge in [-0.2, -0.15) is 0 Å². The summed E-state index contributed by atoms with van der Waals surface area (Å²) >= 11 is 0. The van der Waals surface area contributed by atoms with Gasteiger partial charge in [-0.15, -0.1) is 5.54 Å². The molecule has 1 nitrogen and oxygen atoms in total. The van der Waals surface area contributed by atoms with Crippen molar-refractivity contribution in [3.05, 3.63) is 12.4 Å². The normalized spacial score (nSPS) is 35.5. The average Bonchev–Trinajstić information content (AvgIpc) is 2.27. The first-order valence-electron chi connectivity index (χ1n) is 7.21. The molecule has 0 saturated heterocycles. The molecule has 1 rings (SSSR count). The average molecular weight is 317 g/mol. The smallest absolute Gasteiger partial charge is 0.660 e. The molecule has 1 aliphatic rings. The fourth-order valence-electron chi connectivity index (χ4n) is 4.32. The Labute approximate surface area is 138 Å². The second-order valence-corrected chi connectivity index (χ2v) is 12.1. The van der Waals surface area contributed by atoms with E-state index in [1.807, 2.05) is 0 Å². The van der Waals surface area contributed by atoms with Crippen molar-refractivity contribution in [1.29, 1.82) is 0 Å². The quantitative estimate of drug-likeness (QED) is 0.455. The van der Waals surface area contributed by atoms with E-state index in [9.17, 15) is 0 Å². The van der Waals surface area contributed by atoms with Crippen LogP contribution in [0.4, 0.5) is 0 Å². The molecule has 1 aliphatic carbocycles. The van der Waals surface area contributed by atoms with Crippen LogP contribution in [0.1, 0.15) is 48.5 Å². The Morgan fingerprint density at radius 2 is 1.11 bits per heavy atom. The van der Waals surface area contributed by atoms with E-state index >= 15 is 0 Å². The standard InChI is InChI=1S/C15H32NSi.CH3.Ti/c1-10-11(2)13(4)14(12(10)3)17(8,9)16-15(5,6)7;;/h10-14H,1-9H3;1H3;/q2*-1;+2. The molecule has 0 heterocycles. The molecule has 0 aromatic heterocycles. The third-order valence-electron chi connectivity index (χ3n) is 5.06. The molecule has 1 fully saturated rings. The Morgan fingerprint density at radius 1 is 0.789 bits per heavy atom. The number of rotatable bonds is 2. The molecular weight excluding hydrogens is 282 g/mol. The monoisotopic (exact) mass is 317 g/mol. The Kier molecular flexibility index (Phi) is 8.46. The number of hydrogen-bond donors (Lipinski definition) is 0. The van der Waals surface area contributed by atoms with Gasteiger partial charge in [0.15, 0.2) is 0 Å². The second-order valence-electron chi connectivity index (χ2n) is 7.90. The molecule has 112 valence electrons. The van der Waals surface area contributed by atoms with Crippen LogP contribution >= 0.6 is 0 Å². The molecule has 0 aliphatic heterocycles. The third-order valence-corrected chi connectivity index (χ3v) is 8.99. The first-order chi connectivity index (χ1) is 7.47. The summed E-state index contributed by atoms with van der Waals surface area (Å²) in [5, 5.41) is 0. The van der Waals surface area contributed by atoms with Gasteiger partial charge in [-0.05, 0) is 23.7 Å². The molecule has 0 spiro atoms. The summed E-state index contributed by atoms with van der Waals surface area (Å²) in [4.78, 5) is 5.23. The molecule has 0 bridgehead atoms. The van der Waals surface area contributed by atoms with Gasteiger partial charge in [0.25, 0.3) is 0 Å². The minimum atomic E-state index is -1.49. The van der Waals surface area contributed by atoms with E-state index in [2.05, 4.69) is 61.6 Å². The molecular formula is C16H35NSiTi. The van der Waals surface area contributed by atoms with Crippen molar-refractivity contribution in [2.45, 2.75) is 72.6 Å². The third kappa shape index (κ3) is 4.98. The van der Waals surface area contributed by atoms with Crippen molar-refractivity contribution >= 4 is 8.24 Å². The van der Waals surface area contributed by atoms with Crippen LogP contribution in [0.5, 0.6) is 0 Å². The van der Waals surface area contributed by atoms with Crippen LogP contribution in [0.25, 0.3) is 4.98 Å². The fourth-order valence-corrected chi connectivity index (χ4v) is 9.37. The van der Waals surface area contributed by atoms with E-state index in [0.29, 0.717) is 0 Å². The van der Waals surface area contributed by atoms with Crippen molar-refractivity contribution in [3.63, 3.8) is 0 Å². The van der Waals surface area contributed by atoms with E-state index in [-0.39, 0.29) is 34.7 Å². The van der Waals surface area contributed by atoms with Crippen LogP contribution in [0.3, 0.4) is 0 Å². The van der Waals surface area contributed by atoms with Crippen LogP contribution in [-0.4, -0.2) is 13.8 Å². The molecule has 0 aromatic carbocycles. The van der Waals surface area contributed by atoms with Crippen LogP contribution in [0.2, 0.25) is 18.6 Å². The summed E-state index contributed by atoms with van der Waals surface area (Å²) < 4.78 is 0. The van der Waals surface area contributed by atoms with E-state index in [1.54, 1.807) is 0 Å². The van der Waals surface area contributed by atoms with Crippen molar-refractivity contribution in [2.75, 3.05) is 0 Å². The number of nitrogens with zero attached hydrogens (tertiary/aromatic N) is 1. The molecule has 0 radical (unpaired) electrons. The summed E-state index contributed by atoms with van der Waals surface area (Å²) in [6.07, 6.45) is 0. The van der Waals surface area contributed by atoms with E-state index < -0.39 is 8.24 Å². The van der Waals surface area contributed by atoms with Crippen LogP contribution in [0, 0.1) is 31.1 Å². The summed E-state index contributed by atoms with van der Waals surface area (Å²) in [5.74, 6) is 3.40. The Morgan fingerprint density at radius 3 is 1.37 bits per heavy atom. The molecule has 4 atom stereocenters. The van der Waals surface area contributed by atoms with E-state index in [0.717, 1.165) is 29.2 Å². The topological polar surface area (TPSA) is 14.1 Å². The molecule has 0 amide bonds. The van der Waals surface area contributed by atoms with Crippen LogP contribution < -0.4 is 0 Å². The van der Waals surface area contributed by atoms with Crippen LogP contribution in [-0.2, 0) is 21.7 Å². The van der Waals surface area contributed by atoms with Gasteiger partial charge in [-0.3, -0.25) is 0 Å². The second kappa shape index (κ2) is 7.24. The Balaban J connectivity index is 0. The summed E-state index contributed by atoms with van der Waals surface area (Å²) in [6, 6.07) is 0. The fraction of sp³-hybridized carbons (Fsp3) is 0.938. The molecule has 19 heavy (non-hydrogen) atoms. The van der Waals surface area contributed by atoms with Gasteiger partial charge in [-0.25, -0.2) is 0 Å². The molecule has 0 N–H and O–H groups in total. The molecule has 1 saturated carbocycles. The zero-order chi connectivity index (χ0) is 13.6. The SMILES string of the molecule is CC1C(C)C(C)C([Si](C)(C)[N-]C(C)(C)C)C1C.[CH3-].[Ti+2]. The zero-order valence-electron chi connectivity index (χ0n) is 14.8. The first kappa shape index (κ1) is 22.2. The molecule has 3 heteroatoms. The minimum absolute atomic E-state index is 0. The van der Waals surface area contributed by atoms with Gasteiger partial charge < -0.3 is 12.4 Å². The maximum Gasteiger partial charge on any atom is 2.00 e. The van der Waals surface area contributed by atoms with Crippen molar-refractivity contribution in [1.82, 2.24) is 0 Å². The van der Waals surface area contributed by atoms with Gasteiger partial charge in [0, 0.05) is 0 Å². The molecule has 4 unspecified atom stereocenters. The number of hydrogen-bond acceptors (Lipinski definition) is 0. The Bertz CT molecular complexity index is 258. The van der Waals surface area contributed by atoms with Gasteiger partial charge in [-0.1, -0.05) is 75.3 Å². The van der Waals surface area contributed by atoms with Gasteiger partial charge >= 0.3 is 21.7 Å². The van der Waals surface area contributed by atoms with Crippen molar-refractivity contribution < 1.29 is 21.7 Å². The predicted molar refractivity (Wildman–Crippen MR) is 87.4 cm³/mol. The van der Waals surface area contributed by atoms with E-state index in [4.69, 9.17) is 4.98 Å². The summed E-state index contributed by atoms with van der Waals surface area (Å²) in [6.45, 7) is 21.5. The van der Waals surface area contributed by atoms with Crippen molar-refractivity contribution in [2.24, 2.45) is 23.7 Å². The Hall–Kier alpha value is 0.891. The van der Waals surface area contributed by atoms with Gasteiger partial charge in [0.05, 0.1) is 0 Å². The zero-order valence-corrected chi connectivity index (χ0v) is 17.4. The molecule has 0 aromatic rings. The largest absolute Gasteiger partial charge is 2.00 e. The van der Waals surface area contributed by atoms with Crippen molar-refractivity contribution in [3.8, 4) is 0 Å². The van der Waals surface area contributed by atoms with Crippen LogP contribution in [0.15, 0.2) is 0 Å². The predicted octanol–water partition coefficient (Wildman–Crippen LogP) is 5.74. The van der Waals surface area contributed by atoms with Gasteiger partial charge in [0.1, 0.15) is 0 Å². The van der Waals surface area contributed by atoms with E-state index in [1.165, 1.54) is 0 Å². The summed E-state index contributed by atoms with van der Waals surface area (Å²) in [7, 11) is -1.49. The first-order valence-corrected chi connectivity index (χ1v) is 10.2.